The molecular weight excluding hydrogens is 455 g/mol. The van der Waals surface area contributed by atoms with Gasteiger partial charge in [0.15, 0.2) is 5.96 Å². The molecule has 2 heterocycles. The largest absolute Gasteiger partial charge is 0.396 e. The van der Waals surface area contributed by atoms with Crippen molar-refractivity contribution in [1.29, 1.82) is 0 Å². The van der Waals surface area contributed by atoms with Crippen molar-refractivity contribution in [2.45, 2.75) is 25.8 Å². The summed E-state index contributed by atoms with van der Waals surface area (Å²) in [4.78, 5) is 6.82. The zero-order valence-corrected chi connectivity index (χ0v) is 18.6. The summed E-state index contributed by atoms with van der Waals surface area (Å²) in [6.45, 7) is 6.49. The summed E-state index contributed by atoms with van der Waals surface area (Å²) in [6, 6.07) is 8.73. The molecule has 0 aliphatic carbocycles. The highest BCUT2D eigenvalue weighted by Crippen LogP contribution is 2.31. The molecule has 27 heavy (non-hydrogen) atoms. The fourth-order valence-electron chi connectivity index (χ4n) is 3.88. The first-order valence-corrected chi connectivity index (χ1v) is 9.67. The number of guanidine groups is 1. The van der Waals surface area contributed by atoms with Crippen LogP contribution in [0.25, 0.3) is 0 Å². The Morgan fingerprint density at radius 1 is 1.30 bits per heavy atom. The van der Waals surface area contributed by atoms with Gasteiger partial charge in [-0.05, 0) is 30.4 Å². The Kier molecular flexibility index (Phi) is 9.28. The summed E-state index contributed by atoms with van der Waals surface area (Å²) in [5.74, 6) is 0.826. The summed E-state index contributed by atoms with van der Waals surface area (Å²) in [5.41, 5.74) is 2.97. The number of hydrogen-bond donors (Lipinski definition) is 3. The predicted octanol–water partition coefficient (Wildman–Crippen LogP) is 1.62. The van der Waals surface area contributed by atoms with Gasteiger partial charge in [-0.15, -0.1) is 24.0 Å². The maximum atomic E-state index is 9.34. The molecular formula is C20H33IN4O2. The summed E-state index contributed by atoms with van der Waals surface area (Å²) in [7, 11) is 1.80. The van der Waals surface area contributed by atoms with E-state index in [1.165, 1.54) is 11.1 Å². The Morgan fingerprint density at radius 3 is 2.81 bits per heavy atom. The van der Waals surface area contributed by atoms with Crippen molar-refractivity contribution in [3.8, 4) is 0 Å². The molecule has 0 spiro atoms. The molecule has 0 radical (unpaired) electrons. The maximum Gasteiger partial charge on any atom is 0.191 e. The van der Waals surface area contributed by atoms with Gasteiger partial charge in [0.2, 0.25) is 0 Å². The van der Waals surface area contributed by atoms with E-state index in [0.717, 1.165) is 64.6 Å². The molecule has 2 aliphatic rings. The topological polar surface area (TPSA) is 69.1 Å². The number of nitrogens with one attached hydrogen (secondary N) is 2. The third-order valence-electron chi connectivity index (χ3n) is 5.61. The summed E-state index contributed by atoms with van der Waals surface area (Å²) >= 11 is 0. The second-order valence-electron chi connectivity index (χ2n) is 7.42. The van der Waals surface area contributed by atoms with Crippen molar-refractivity contribution in [3.63, 3.8) is 0 Å². The lowest BCUT2D eigenvalue weighted by Gasteiger charge is -2.30. The normalized spacial score (nSPS) is 22.8. The molecule has 152 valence electrons. The standard InChI is InChI=1S/C20H32N4O2.HI/c1-21-19(23-15-20(7-12-25)8-13-26-16-20)22-9-11-24-10-6-17-4-2-3-5-18(17)14-24;/h2-5,25H,6-16H2,1H3,(H2,21,22,23);1H. The van der Waals surface area contributed by atoms with Crippen molar-refractivity contribution in [3.05, 3.63) is 35.4 Å². The SMILES string of the molecule is CN=C(NCCN1CCc2ccccc2C1)NCC1(CCO)CCOC1.I. The van der Waals surface area contributed by atoms with Crippen LogP contribution in [0.4, 0.5) is 0 Å². The molecule has 2 aliphatic heterocycles. The first kappa shape index (κ1) is 22.4. The van der Waals surface area contributed by atoms with Gasteiger partial charge in [-0.1, -0.05) is 24.3 Å². The number of fused-ring (bicyclic) bond motifs is 1. The Bertz CT molecular complexity index is 605. The molecule has 0 bridgehead atoms. The van der Waals surface area contributed by atoms with Crippen LogP contribution in [0.1, 0.15) is 24.0 Å². The Balaban J connectivity index is 0.00000261. The third-order valence-corrected chi connectivity index (χ3v) is 5.61. The summed E-state index contributed by atoms with van der Waals surface area (Å²) < 4.78 is 5.55. The molecule has 0 amide bonds. The van der Waals surface area contributed by atoms with Crippen LogP contribution in [-0.2, 0) is 17.7 Å². The molecule has 7 heteroatoms. The monoisotopic (exact) mass is 488 g/mol. The van der Waals surface area contributed by atoms with Crippen molar-refractivity contribution >= 4 is 29.9 Å². The lowest BCUT2D eigenvalue weighted by molar-refractivity contribution is 0.127. The molecule has 1 aromatic carbocycles. The minimum atomic E-state index is 0. The number of nitrogens with zero attached hydrogens (tertiary/aromatic N) is 2. The third kappa shape index (κ3) is 6.30. The van der Waals surface area contributed by atoms with Gasteiger partial charge < -0.3 is 20.5 Å². The lowest BCUT2D eigenvalue weighted by atomic mass is 9.84. The van der Waals surface area contributed by atoms with Gasteiger partial charge in [-0.25, -0.2) is 0 Å². The van der Waals surface area contributed by atoms with E-state index in [-0.39, 0.29) is 36.0 Å². The second-order valence-corrected chi connectivity index (χ2v) is 7.42. The van der Waals surface area contributed by atoms with Crippen LogP contribution >= 0.6 is 24.0 Å². The van der Waals surface area contributed by atoms with Gasteiger partial charge in [-0.2, -0.15) is 0 Å². The lowest BCUT2D eigenvalue weighted by Crippen LogP contribution is -2.46. The number of hydrogen-bond acceptors (Lipinski definition) is 4. The van der Waals surface area contributed by atoms with Crippen molar-refractivity contribution < 1.29 is 9.84 Å². The Morgan fingerprint density at radius 2 is 2.11 bits per heavy atom. The van der Waals surface area contributed by atoms with Crippen LogP contribution < -0.4 is 10.6 Å². The fourth-order valence-corrected chi connectivity index (χ4v) is 3.88. The minimum Gasteiger partial charge on any atom is -0.396 e. The van der Waals surface area contributed by atoms with Crippen LogP contribution in [0.15, 0.2) is 29.3 Å². The molecule has 0 saturated carbocycles. The van der Waals surface area contributed by atoms with E-state index in [2.05, 4.69) is 44.8 Å². The smallest absolute Gasteiger partial charge is 0.191 e. The molecule has 3 rings (SSSR count). The van der Waals surface area contributed by atoms with Gasteiger partial charge in [0.05, 0.1) is 6.61 Å². The molecule has 1 saturated heterocycles. The van der Waals surface area contributed by atoms with E-state index >= 15 is 0 Å². The number of aliphatic imine (C=N–C) groups is 1. The Hall–Kier alpha value is -0.900. The number of rotatable bonds is 7. The van der Waals surface area contributed by atoms with E-state index in [1.54, 1.807) is 7.05 Å². The quantitative estimate of drug-likeness (QED) is 0.309. The van der Waals surface area contributed by atoms with Gasteiger partial charge >= 0.3 is 0 Å². The maximum absolute atomic E-state index is 9.34. The van der Waals surface area contributed by atoms with Gasteiger partial charge in [0, 0.05) is 58.4 Å². The molecule has 1 atom stereocenters. The zero-order valence-electron chi connectivity index (χ0n) is 16.2. The van der Waals surface area contributed by atoms with Crippen LogP contribution in [0.5, 0.6) is 0 Å². The molecule has 0 aromatic heterocycles. The van der Waals surface area contributed by atoms with Crippen molar-refractivity contribution in [1.82, 2.24) is 15.5 Å². The average molecular weight is 488 g/mol. The minimum absolute atomic E-state index is 0. The first-order chi connectivity index (χ1) is 12.7. The van der Waals surface area contributed by atoms with Crippen molar-refractivity contribution in [2.75, 3.05) is 53.0 Å². The van der Waals surface area contributed by atoms with Crippen LogP contribution in [0.3, 0.4) is 0 Å². The van der Waals surface area contributed by atoms with E-state index < -0.39 is 0 Å². The number of aliphatic hydroxyl groups excluding tert-OH is 1. The Labute approximate surface area is 179 Å². The summed E-state index contributed by atoms with van der Waals surface area (Å²) in [6.07, 6.45) is 2.89. The number of benzene rings is 1. The molecule has 1 aromatic rings. The van der Waals surface area contributed by atoms with Crippen molar-refractivity contribution in [2.24, 2.45) is 10.4 Å². The molecule has 1 unspecified atom stereocenters. The van der Waals surface area contributed by atoms with Gasteiger partial charge in [0.1, 0.15) is 0 Å². The summed E-state index contributed by atoms with van der Waals surface area (Å²) in [5, 5.41) is 16.2. The zero-order chi connectivity index (χ0) is 18.2. The van der Waals surface area contributed by atoms with E-state index in [9.17, 15) is 5.11 Å². The highest BCUT2D eigenvalue weighted by Gasteiger charge is 2.34. The highest BCUT2D eigenvalue weighted by atomic mass is 127. The van der Waals surface area contributed by atoms with E-state index in [1.807, 2.05) is 0 Å². The fraction of sp³-hybridized carbons (Fsp3) is 0.650. The van der Waals surface area contributed by atoms with E-state index in [0.29, 0.717) is 6.61 Å². The molecule has 1 fully saturated rings. The van der Waals surface area contributed by atoms with Gasteiger partial charge in [0.25, 0.3) is 0 Å². The van der Waals surface area contributed by atoms with Crippen LogP contribution in [-0.4, -0.2) is 69.0 Å². The van der Waals surface area contributed by atoms with E-state index in [4.69, 9.17) is 4.74 Å². The molecule has 6 nitrogen and oxygen atoms in total. The second kappa shape index (κ2) is 11.2. The van der Waals surface area contributed by atoms with Crippen LogP contribution in [0, 0.1) is 5.41 Å². The van der Waals surface area contributed by atoms with Crippen LogP contribution in [0.2, 0.25) is 0 Å². The highest BCUT2D eigenvalue weighted by molar-refractivity contribution is 14.0. The number of aliphatic hydroxyl groups is 1. The average Bonchev–Trinajstić information content (AvgIpc) is 3.13. The number of halogens is 1. The van der Waals surface area contributed by atoms with Gasteiger partial charge in [-0.3, -0.25) is 9.89 Å². The molecule has 3 N–H and O–H groups in total. The first-order valence-electron chi connectivity index (χ1n) is 9.67. The number of ether oxygens (including phenoxy) is 1. The predicted molar refractivity (Wildman–Crippen MR) is 120 cm³/mol.